The van der Waals surface area contributed by atoms with Gasteiger partial charge in [-0.2, -0.15) is 10.2 Å². The Bertz CT molecular complexity index is 1810. The van der Waals surface area contributed by atoms with Gasteiger partial charge in [0.05, 0.1) is 42.0 Å². The molecule has 0 spiro atoms. The van der Waals surface area contributed by atoms with Gasteiger partial charge in [-0.3, -0.25) is 4.79 Å². The highest BCUT2D eigenvalue weighted by Gasteiger charge is 2.19. The van der Waals surface area contributed by atoms with Gasteiger partial charge < -0.3 is 13.9 Å². The first kappa shape index (κ1) is 24.7. The van der Waals surface area contributed by atoms with Crippen LogP contribution >= 0.6 is 11.3 Å². The van der Waals surface area contributed by atoms with Gasteiger partial charge in [0, 0.05) is 44.9 Å². The summed E-state index contributed by atoms with van der Waals surface area (Å²) in [6.45, 7) is 9.18. The summed E-state index contributed by atoms with van der Waals surface area (Å²) >= 11 is 1.59. The minimum atomic E-state index is -1.14. The molecule has 38 heavy (non-hydrogen) atoms. The maximum Gasteiger partial charge on any atom is 0.291 e. The summed E-state index contributed by atoms with van der Waals surface area (Å²) in [5.41, 5.74) is 3.25. The van der Waals surface area contributed by atoms with E-state index >= 15 is 0 Å². The second-order valence-corrected chi connectivity index (χ2v) is 17.5. The van der Waals surface area contributed by atoms with E-state index in [0.29, 0.717) is 25.3 Å². The molecule has 0 N–H and O–H groups in total. The Hall–Kier alpha value is -3.61. The van der Waals surface area contributed by atoms with Gasteiger partial charge in [-0.05, 0) is 17.7 Å². The van der Waals surface area contributed by atoms with Crippen LogP contribution in [0.5, 0.6) is 0 Å². The predicted molar refractivity (Wildman–Crippen MR) is 152 cm³/mol. The van der Waals surface area contributed by atoms with Crippen LogP contribution in [-0.2, 0) is 31.6 Å². The van der Waals surface area contributed by atoms with Crippen molar-refractivity contribution in [2.45, 2.75) is 45.5 Å². The summed E-state index contributed by atoms with van der Waals surface area (Å²) in [6, 6.07) is 7.16. The smallest absolute Gasteiger partial charge is 0.291 e. The maximum atomic E-state index is 13.6. The van der Waals surface area contributed by atoms with E-state index in [-0.39, 0.29) is 5.56 Å². The van der Waals surface area contributed by atoms with Crippen LogP contribution in [0.15, 0.2) is 54.1 Å². The lowest BCUT2D eigenvalue weighted by atomic mass is 10.1. The number of ether oxygens (including phenoxy) is 1. The number of hydrogen-bond acceptors (Lipinski definition) is 7. The van der Waals surface area contributed by atoms with Crippen molar-refractivity contribution in [3.05, 3.63) is 70.2 Å². The molecular weight excluding hydrogens is 516 g/mol. The van der Waals surface area contributed by atoms with E-state index < -0.39 is 8.07 Å². The Labute approximate surface area is 224 Å². The number of benzene rings is 1. The number of thiazole rings is 1. The van der Waals surface area contributed by atoms with Gasteiger partial charge in [-0.15, -0.1) is 11.3 Å². The molecule has 1 aromatic carbocycles. The van der Waals surface area contributed by atoms with Crippen LogP contribution in [0.2, 0.25) is 25.7 Å². The molecule has 0 aliphatic carbocycles. The average Bonchev–Trinajstić information content (AvgIpc) is 3.66. The lowest BCUT2D eigenvalue weighted by molar-refractivity contribution is 0.0817. The average molecular weight is 547 g/mol. The fourth-order valence-electron chi connectivity index (χ4n) is 4.64. The van der Waals surface area contributed by atoms with E-state index in [1.54, 1.807) is 30.1 Å². The molecule has 6 aromatic rings. The zero-order chi connectivity index (χ0) is 26.4. The monoisotopic (exact) mass is 546 g/mol. The normalized spacial score (nSPS) is 12.4. The molecular formula is C26H30N8O2SSi. The molecule has 0 bridgehead atoms. The van der Waals surface area contributed by atoms with Crippen LogP contribution in [0, 0.1) is 0 Å². The van der Waals surface area contributed by atoms with Gasteiger partial charge >= 0.3 is 0 Å². The molecule has 0 saturated heterocycles. The standard InChI is InChI=1S/C26H30N8O2SSi/c1-31-23-20(24-25(31)30-22(37-24)15-32-9-8-27-16-32)13-28-33(26(23)35)14-18-6-5-7-21-19(18)12-29-34(21)17-36-10-11-38(2,3)4/h5-9,12-13,16H,10-11,14-15,17H2,1-4H3. The molecule has 12 heteroatoms. The van der Waals surface area contributed by atoms with Crippen molar-refractivity contribution in [1.29, 1.82) is 0 Å². The zero-order valence-corrected chi connectivity index (χ0v) is 23.8. The predicted octanol–water partition coefficient (Wildman–Crippen LogP) is 4.30. The Morgan fingerprint density at radius 2 is 1.87 bits per heavy atom. The van der Waals surface area contributed by atoms with Gasteiger partial charge in [-0.25, -0.2) is 19.3 Å². The van der Waals surface area contributed by atoms with E-state index in [1.165, 1.54) is 4.68 Å². The van der Waals surface area contributed by atoms with E-state index in [9.17, 15) is 4.79 Å². The molecule has 0 saturated carbocycles. The van der Waals surface area contributed by atoms with Crippen LogP contribution in [0.1, 0.15) is 10.6 Å². The van der Waals surface area contributed by atoms with Crippen LogP contribution < -0.4 is 5.56 Å². The third-order valence-electron chi connectivity index (χ3n) is 6.75. The van der Waals surface area contributed by atoms with Crippen LogP contribution in [0.4, 0.5) is 0 Å². The van der Waals surface area contributed by atoms with Crippen LogP contribution in [-0.4, -0.2) is 53.3 Å². The van der Waals surface area contributed by atoms with Crippen LogP contribution in [0.3, 0.4) is 0 Å². The van der Waals surface area contributed by atoms with E-state index in [0.717, 1.165) is 49.9 Å². The van der Waals surface area contributed by atoms with Crippen molar-refractivity contribution in [1.82, 2.24) is 38.7 Å². The quantitative estimate of drug-likeness (QED) is 0.198. The number of imidazole rings is 1. The second kappa shape index (κ2) is 9.60. The lowest BCUT2D eigenvalue weighted by Gasteiger charge is -2.15. The number of fused-ring (bicyclic) bond motifs is 4. The summed E-state index contributed by atoms with van der Waals surface area (Å²) in [4.78, 5) is 22.5. The minimum Gasteiger partial charge on any atom is -0.360 e. The molecule has 0 unspecified atom stereocenters. The SMILES string of the molecule is Cn1c2nc(Cn3ccnc3)sc2c2cnn(Cc3cccc4c3cnn4COCC[Si](C)(C)C)c(=O)c21. The molecule has 0 aliphatic heterocycles. The Balaban J connectivity index is 1.28. The Morgan fingerprint density at radius 3 is 2.66 bits per heavy atom. The molecule has 5 heterocycles. The topological polar surface area (TPSA) is 97.6 Å². The first-order chi connectivity index (χ1) is 18.3. The highest BCUT2D eigenvalue weighted by atomic mass is 32.1. The fraction of sp³-hybridized carbons (Fsp3) is 0.346. The number of nitrogens with zero attached hydrogens (tertiary/aromatic N) is 8. The highest BCUT2D eigenvalue weighted by Crippen LogP contribution is 2.31. The molecule has 196 valence electrons. The number of hydrogen-bond donors (Lipinski definition) is 0. The summed E-state index contributed by atoms with van der Waals surface area (Å²) in [5, 5.41) is 11.9. The van der Waals surface area contributed by atoms with Crippen molar-refractivity contribution in [3.63, 3.8) is 0 Å². The van der Waals surface area contributed by atoms with Gasteiger partial charge in [-0.1, -0.05) is 31.8 Å². The van der Waals surface area contributed by atoms with Gasteiger partial charge in [0.15, 0.2) is 5.65 Å². The molecule has 10 nitrogen and oxygen atoms in total. The lowest BCUT2D eigenvalue weighted by Crippen LogP contribution is -2.24. The first-order valence-electron chi connectivity index (χ1n) is 12.6. The highest BCUT2D eigenvalue weighted by molar-refractivity contribution is 7.19. The van der Waals surface area contributed by atoms with Crippen molar-refractivity contribution in [2.24, 2.45) is 7.05 Å². The zero-order valence-electron chi connectivity index (χ0n) is 22.0. The van der Waals surface area contributed by atoms with Crippen molar-refractivity contribution < 1.29 is 4.74 Å². The van der Waals surface area contributed by atoms with Crippen molar-refractivity contribution in [2.75, 3.05) is 6.61 Å². The molecule has 5 aromatic heterocycles. The number of aromatic nitrogens is 8. The molecule has 0 amide bonds. The van der Waals surface area contributed by atoms with Crippen molar-refractivity contribution in [3.8, 4) is 0 Å². The first-order valence-corrected chi connectivity index (χ1v) is 17.1. The van der Waals surface area contributed by atoms with E-state index in [2.05, 4.69) is 34.8 Å². The molecule has 6 rings (SSSR count). The Morgan fingerprint density at radius 1 is 1.05 bits per heavy atom. The summed E-state index contributed by atoms with van der Waals surface area (Å²) in [5.74, 6) is 0. The minimum absolute atomic E-state index is 0.134. The Kier molecular flexibility index (Phi) is 6.24. The molecule has 0 atom stereocenters. The second-order valence-electron chi connectivity index (χ2n) is 10.8. The summed E-state index contributed by atoms with van der Waals surface area (Å²) in [6.07, 6.45) is 9.07. The molecule has 0 aliphatic rings. The fourth-order valence-corrected chi connectivity index (χ4v) is 6.52. The van der Waals surface area contributed by atoms with Crippen LogP contribution in [0.25, 0.3) is 32.2 Å². The summed E-state index contributed by atoms with van der Waals surface area (Å²) < 4.78 is 14.2. The van der Waals surface area contributed by atoms with Gasteiger partial charge in [0.1, 0.15) is 17.3 Å². The van der Waals surface area contributed by atoms with Gasteiger partial charge in [0.25, 0.3) is 5.56 Å². The third kappa shape index (κ3) is 4.59. The molecule has 0 radical (unpaired) electrons. The number of aryl methyl sites for hydroxylation is 1. The maximum absolute atomic E-state index is 13.6. The third-order valence-corrected chi connectivity index (χ3v) is 9.52. The summed E-state index contributed by atoms with van der Waals surface area (Å²) in [7, 11) is 0.753. The molecule has 0 fully saturated rings. The van der Waals surface area contributed by atoms with Crippen molar-refractivity contribution >= 4 is 51.6 Å². The number of rotatable bonds is 9. The largest absolute Gasteiger partial charge is 0.360 e. The van der Waals surface area contributed by atoms with Gasteiger partial charge in [0.2, 0.25) is 0 Å². The van der Waals surface area contributed by atoms with E-state index in [4.69, 9.17) is 9.72 Å². The van der Waals surface area contributed by atoms with E-state index in [1.807, 2.05) is 51.5 Å².